The van der Waals surface area contributed by atoms with Gasteiger partial charge in [-0.1, -0.05) is 11.6 Å². The van der Waals surface area contributed by atoms with Crippen LogP contribution in [-0.4, -0.2) is 22.7 Å². The fourth-order valence-corrected chi connectivity index (χ4v) is 1.61. The summed E-state index contributed by atoms with van der Waals surface area (Å²) >= 11 is 3.27. The largest absolute Gasteiger partial charge is 1.00 e. The molecular weight excluding hydrogens is 251 g/mol. The van der Waals surface area contributed by atoms with Gasteiger partial charge < -0.3 is 14.0 Å². The van der Waals surface area contributed by atoms with Crippen molar-refractivity contribution in [2.75, 3.05) is 13.9 Å². The van der Waals surface area contributed by atoms with E-state index >= 15 is 0 Å². The van der Waals surface area contributed by atoms with Gasteiger partial charge in [-0.25, -0.2) is 0 Å². The predicted molar refractivity (Wildman–Crippen MR) is 51.1 cm³/mol. The predicted octanol–water partition coefficient (Wildman–Crippen LogP) is -1.44. The van der Waals surface area contributed by atoms with Gasteiger partial charge in [0.15, 0.2) is 6.79 Å². The third kappa shape index (κ3) is 4.82. The van der Waals surface area contributed by atoms with Crippen molar-refractivity contribution < 1.29 is 47.8 Å². The van der Waals surface area contributed by atoms with E-state index in [2.05, 4.69) is 4.74 Å². The zero-order chi connectivity index (χ0) is 10.6. The van der Waals surface area contributed by atoms with Crippen molar-refractivity contribution in [2.45, 2.75) is 4.90 Å². The van der Waals surface area contributed by atoms with Crippen LogP contribution in [0.25, 0.3) is 0 Å². The van der Waals surface area contributed by atoms with Crippen LogP contribution in [0.3, 0.4) is 0 Å². The number of hydrogen-bond acceptors (Lipinski definition) is 4. The molecule has 78 valence electrons. The smallest absolute Gasteiger partial charge is 0.768 e. The van der Waals surface area contributed by atoms with Crippen LogP contribution in [0.2, 0.25) is 5.02 Å². The molecule has 4 nitrogen and oxygen atoms in total. The summed E-state index contributed by atoms with van der Waals surface area (Å²) < 4.78 is 31.2. The fraction of sp³-hybridized carbons (Fsp3) is 0.250. The molecule has 1 rings (SSSR count). The first-order chi connectivity index (χ1) is 6.65. The number of ether oxygens (including phenoxy) is 2. The van der Waals surface area contributed by atoms with Gasteiger partial charge in [0.25, 0.3) is 0 Å². The van der Waals surface area contributed by atoms with Crippen LogP contribution in [0.1, 0.15) is 0 Å². The van der Waals surface area contributed by atoms with E-state index in [0.717, 1.165) is 0 Å². The molecule has 0 saturated heterocycles. The van der Waals surface area contributed by atoms with E-state index in [9.17, 15) is 8.76 Å². The van der Waals surface area contributed by atoms with Gasteiger partial charge in [0.05, 0.1) is 4.90 Å². The minimum Gasteiger partial charge on any atom is -0.768 e. The topological polar surface area (TPSA) is 58.6 Å². The van der Waals surface area contributed by atoms with Crippen molar-refractivity contribution >= 4 is 22.7 Å². The molecule has 0 saturated carbocycles. The van der Waals surface area contributed by atoms with Gasteiger partial charge in [-0.05, 0) is 29.3 Å². The normalized spacial score (nSPS) is 11.7. The Hall–Kier alpha value is 0.380. The molecule has 0 radical (unpaired) electrons. The van der Waals surface area contributed by atoms with Gasteiger partial charge in [-0.3, -0.25) is 4.21 Å². The first-order valence-electron chi connectivity index (χ1n) is 3.65. The van der Waals surface area contributed by atoms with Gasteiger partial charge in [-0.15, -0.1) is 0 Å². The second-order valence-corrected chi connectivity index (χ2v) is 3.72. The Bertz CT molecular complexity index is 347. The molecule has 0 aromatic heterocycles. The van der Waals surface area contributed by atoms with Crippen LogP contribution in [0.15, 0.2) is 23.1 Å². The number of halogens is 1. The van der Waals surface area contributed by atoms with E-state index in [1.165, 1.54) is 19.2 Å². The Morgan fingerprint density at radius 1 is 1.53 bits per heavy atom. The summed E-state index contributed by atoms with van der Waals surface area (Å²) in [6.45, 7) is -0.00810. The molecule has 7 heteroatoms. The summed E-state index contributed by atoms with van der Waals surface area (Å²) in [4.78, 5) is 0.0227. The molecule has 0 aliphatic carbocycles. The van der Waals surface area contributed by atoms with Crippen LogP contribution >= 0.6 is 11.6 Å². The van der Waals surface area contributed by atoms with Gasteiger partial charge in [0, 0.05) is 12.1 Å². The Labute approximate surface area is 117 Å². The molecule has 0 aliphatic heterocycles. The summed E-state index contributed by atoms with van der Waals surface area (Å²) in [5, 5.41) is 0.342. The molecule has 1 unspecified atom stereocenters. The van der Waals surface area contributed by atoms with Gasteiger partial charge in [-0.2, -0.15) is 0 Å². The van der Waals surface area contributed by atoms with E-state index in [1.54, 1.807) is 6.07 Å². The van der Waals surface area contributed by atoms with Crippen molar-refractivity contribution in [3.05, 3.63) is 23.2 Å². The Morgan fingerprint density at radius 3 is 2.73 bits per heavy atom. The van der Waals surface area contributed by atoms with Crippen LogP contribution < -0.4 is 34.3 Å². The third-order valence-electron chi connectivity index (χ3n) is 1.42. The molecule has 1 aromatic carbocycles. The molecule has 0 spiro atoms. The first kappa shape index (κ1) is 15.4. The van der Waals surface area contributed by atoms with Crippen molar-refractivity contribution in [1.82, 2.24) is 0 Å². The molecule has 0 fully saturated rings. The molecular formula is C8H8ClNaO4S. The standard InChI is InChI=1S/C8H9ClO4S.Na/c1-12-5-13-7-3-2-6(9)4-8(7)14(10)11;/h2-4H,5H2,1H3,(H,10,11);/q;+1/p-1. The SMILES string of the molecule is COCOc1ccc(Cl)cc1S(=O)[O-].[Na+]. The summed E-state index contributed by atoms with van der Waals surface area (Å²) in [6.07, 6.45) is 0. The summed E-state index contributed by atoms with van der Waals surface area (Å²) in [6, 6.07) is 4.34. The zero-order valence-corrected chi connectivity index (χ0v) is 11.9. The summed E-state index contributed by atoms with van der Waals surface area (Å²) in [5.41, 5.74) is 0. The first-order valence-corrected chi connectivity index (χ1v) is 5.11. The minimum atomic E-state index is -2.37. The van der Waals surface area contributed by atoms with Crippen LogP contribution in [0.4, 0.5) is 0 Å². The monoisotopic (exact) mass is 258 g/mol. The average Bonchev–Trinajstić information content (AvgIpc) is 2.15. The number of methoxy groups -OCH3 is 1. The average molecular weight is 259 g/mol. The molecule has 0 amide bonds. The van der Waals surface area contributed by atoms with Gasteiger partial charge in [0.2, 0.25) is 0 Å². The quantitative estimate of drug-likeness (QED) is 0.377. The molecule has 0 heterocycles. The summed E-state index contributed by atoms with van der Waals surface area (Å²) in [5.74, 6) is 0.226. The van der Waals surface area contributed by atoms with Crippen LogP contribution in [0.5, 0.6) is 5.75 Å². The maximum Gasteiger partial charge on any atom is 1.00 e. The maximum absolute atomic E-state index is 10.8. The molecule has 15 heavy (non-hydrogen) atoms. The molecule has 0 bridgehead atoms. The number of rotatable bonds is 4. The van der Waals surface area contributed by atoms with E-state index in [1.807, 2.05) is 0 Å². The second-order valence-electron chi connectivity index (χ2n) is 2.38. The Balaban J connectivity index is 0.00000196. The summed E-state index contributed by atoms with van der Waals surface area (Å²) in [7, 11) is 1.45. The number of benzene rings is 1. The van der Waals surface area contributed by atoms with Crippen molar-refractivity contribution in [2.24, 2.45) is 0 Å². The van der Waals surface area contributed by atoms with Crippen LogP contribution in [0, 0.1) is 0 Å². The molecule has 0 N–H and O–H groups in total. The Kier molecular flexibility index (Phi) is 7.81. The van der Waals surface area contributed by atoms with Crippen molar-refractivity contribution in [3.63, 3.8) is 0 Å². The Morgan fingerprint density at radius 2 is 2.20 bits per heavy atom. The van der Waals surface area contributed by atoms with Crippen molar-refractivity contribution in [3.8, 4) is 5.75 Å². The second kappa shape index (κ2) is 7.62. The van der Waals surface area contributed by atoms with E-state index in [4.69, 9.17) is 16.3 Å². The van der Waals surface area contributed by atoms with Gasteiger partial charge in [0.1, 0.15) is 5.75 Å². The van der Waals surface area contributed by atoms with E-state index in [-0.39, 0.29) is 47.0 Å². The van der Waals surface area contributed by atoms with E-state index in [0.29, 0.717) is 5.02 Å². The minimum absolute atomic E-state index is 0. The number of hydrogen-bond donors (Lipinski definition) is 0. The zero-order valence-electron chi connectivity index (χ0n) is 8.36. The van der Waals surface area contributed by atoms with Gasteiger partial charge >= 0.3 is 29.6 Å². The fourth-order valence-electron chi connectivity index (χ4n) is 0.854. The van der Waals surface area contributed by atoms with Crippen LogP contribution in [-0.2, 0) is 15.8 Å². The van der Waals surface area contributed by atoms with E-state index < -0.39 is 11.1 Å². The third-order valence-corrected chi connectivity index (χ3v) is 2.33. The molecule has 1 aromatic rings. The maximum atomic E-state index is 10.8. The molecule has 1 atom stereocenters. The van der Waals surface area contributed by atoms with Crippen molar-refractivity contribution in [1.29, 1.82) is 0 Å². The molecule has 0 aliphatic rings.